The highest BCUT2D eigenvalue weighted by atomic mass is 19.1. The van der Waals surface area contributed by atoms with Gasteiger partial charge in [0.1, 0.15) is 29.5 Å². The van der Waals surface area contributed by atoms with E-state index in [0.717, 1.165) is 25.7 Å². The largest absolute Gasteiger partial charge is 0.493 e. The van der Waals surface area contributed by atoms with Gasteiger partial charge >= 0.3 is 5.97 Å². The van der Waals surface area contributed by atoms with Gasteiger partial charge in [0.25, 0.3) is 0 Å². The van der Waals surface area contributed by atoms with E-state index in [4.69, 9.17) is 24.7 Å². The zero-order valence-corrected chi connectivity index (χ0v) is 18.5. The lowest BCUT2D eigenvalue weighted by Gasteiger charge is -2.17. The van der Waals surface area contributed by atoms with Gasteiger partial charge in [-0.25, -0.2) is 4.39 Å². The summed E-state index contributed by atoms with van der Waals surface area (Å²) in [5, 5.41) is 0.683. The molecule has 0 spiro atoms. The van der Waals surface area contributed by atoms with Crippen molar-refractivity contribution in [3.05, 3.63) is 54.5 Å². The zero-order chi connectivity index (χ0) is 23.2. The molecule has 1 aliphatic carbocycles. The third-order valence-electron chi connectivity index (χ3n) is 5.59. The maximum atomic E-state index is 13.5. The van der Waals surface area contributed by atoms with Crippen molar-refractivity contribution in [2.45, 2.75) is 44.2 Å². The highest BCUT2D eigenvalue weighted by molar-refractivity contribution is 5.88. The van der Waals surface area contributed by atoms with E-state index < -0.39 is 12.0 Å². The molecule has 0 radical (unpaired) electrons. The van der Waals surface area contributed by atoms with E-state index in [0.29, 0.717) is 40.3 Å². The van der Waals surface area contributed by atoms with Crippen LogP contribution >= 0.6 is 0 Å². The van der Waals surface area contributed by atoms with E-state index >= 15 is 0 Å². The van der Waals surface area contributed by atoms with Crippen LogP contribution in [0.4, 0.5) is 4.39 Å². The summed E-state index contributed by atoms with van der Waals surface area (Å²) in [6.45, 7) is 0.211. The first-order valence-electron chi connectivity index (χ1n) is 11.0. The quantitative estimate of drug-likeness (QED) is 0.466. The zero-order valence-electron chi connectivity index (χ0n) is 18.5. The summed E-state index contributed by atoms with van der Waals surface area (Å²) in [6, 6.07) is 10.3. The van der Waals surface area contributed by atoms with Crippen LogP contribution in [0.1, 0.15) is 32.1 Å². The number of halogens is 1. The van der Waals surface area contributed by atoms with E-state index in [-0.39, 0.29) is 18.5 Å². The van der Waals surface area contributed by atoms with Crippen molar-refractivity contribution in [2.75, 3.05) is 13.7 Å². The molecule has 0 bridgehead atoms. The number of rotatable bonds is 9. The molecule has 7 nitrogen and oxygen atoms in total. The Morgan fingerprint density at radius 2 is 1.97 bits per heavy atom. The van der Waals surface area contributed by atoms with Crippen LogP contribution in [-0.2, 0) is 9.53 Å². The molecular formula is C25H27FN2O5. The van der Waals surface area contributed by atoms with Crippen LogP contribution in [0.2, 0.25) is 0 Å². The van der Waals surface area contributed by atoms with Crippen molar-refractivity contribution in [3.8, 4) is 23.0 Å². The lowest BCUT2D eigenvalue weighted by atomic mass is 10.1. The van der Waals surface area contributed by atoms with E-state index in [9.17, 15) is 9.18 Å². The fraction of sp³-hybridized carbons (Fsp3) is 0.360. The highest BCUT2D eigenvalue weighted by Crippen LogP contribution is 2.37. The number of nitrogens with zero attached hydrogens (tertiary/aromatic N) is 1. The average molecular weight is 454 g/mol. The number of hydrogen-bond acceptors (Lipinski definition) is 7. The number of nitrogens with two attached hydrogens (primary N) is 1. The normalized spacial score (nSPS) is 14.8. The number of ether oxygens (including phenoxy) is 4. The highest BCUT2D eigenvalue weighted by Gasteiger charge is 2.23. The molecule has 0 saturated heterocycles. The molecular weight excluding hydrogens is 427 g/mol. The van der Waals surface area contributed by atoms with Crippen LogP contribution in [0.25, 0.3) is 10.9 Å². The number of pyridine rings is 1. The standard InChI is InChI=1S/C25H27FN2O5/c1-30-23-14-19-21(28-11-9-22(19)32-18-8-4-5-16(26)13-18)15-24(23)31-12-10-20(27)25(29)33-17-6-2-3-7-17/h4-5,8-9,11,13-15,17,20H,2-3,6-7,10,12,27H2,1H3. The molecule has 174 valence electrons. The molecule has 1 atom stereocenters. The van der Waals surface area contributed by atoms with Gasteiger partial charge in [-0.2, -0.15) is 0 Å². The maximum Gasteiger partial charge on any atom is 0.323 e. The van der Waals surface area contributed by atoms with Crippen molar-refractivity contribution in [1.29, 1.82) is 0 Å². The molecule has 1 heterocycles. The van der Waals surface area contributed by atoms with Crippen molar-refractivity contribution >= 4 is 16.9 Å². The molecule has 1 aliphatic rings. The van der Waals surface area contributed by atoms with Gasteiger partial charge in [0, 0.05) is 30.1 Å². The molecule has 33 heavy (non-hydrogen) atoms. The molecule has 2 aromatic carbocycles. The Bertz CT molecular complexity index is 1120. The van der Waals surface area contributed by atoms with E-state index in [2.05, 4.69) is 4.98 Å². The number of carbonyl (C=O) groups excluding carboxylic acids is 1. The second-order valence-electron chi connectivity index (χ2n) is 7.98. The summed E-state index contributed by atoms with van der Waals surface area (Å²) < 4.78 is 36.2. The smallest absolute Gasteiger partial charge is 0.323 e. The maximum absolute atomic E-state index is 13.5. The second kappa shape index (κ2) is 10.5. The molecule has 4 rings (SSSR count). The Hall–Kier alpha value is -3.39. The Kier molecular flexibility index (Phi) is 7.24. The number of esters is 1. The van der Waals surface area contributed by atoms with E-state index in [1.54, 1.807) is 36.5 Å². The number of carbonyl (C=O) groups is 1. The summed E-state index contributed by atoms with van der Waals surface area (Å²) in [7, 11) is 1.53. The average Bonchev–Trinajstić information content (AvgIpc) is 3.32. The van der Waals surface area contributed by atoms with Crippen LogP contribution < -0.4 is 19.9 Å². The van der Waals surface area contributed by atoms with Gasteiger partial charge in [-0.3, -0.25) is 9.78 Å². The first-order valence-corrected chi connectivity index (χ1v) is 11.0. The molecule has 8 heteroatoms. The molecule has 0 aliphatic heterocycles. The number of hydrogen-bond donors (Lipinski definition) is 1. The fourth-order valence-electron chi connectivity index (χ4n) is 3.82. The minimum Gasteiger partial charge on any atom is -0.493 e. The topological polar surface area (TPSA) is 92.9 Å². The van der Waals surface area contributed by atoms with E-state index in [1.165, 1.54) is 19.2 Å². The summed E-state index contributed by atoms with van der Waals surface area (Å²) in [5.74, 6) is 1.05. The lowest BCUT2D eigenvalue weighted by Crippen LogP contribution is -2.35. The summed E-state index contributed by atoms with van der Waals surface area (Å²) in [5.41, 5.74) is 6.60. The Morgan fingerprint density at radius 1 is 1.15 bits per heavy atom. The Labute approximate surface area is 191 Å². The molecule has 3 aromatic rings. The monoisotopic (exact) mass is 454 g/mol. The van der Waals surface area contributed by atoms with Gasteiger partial charge in [0.05, 0.1) is 19.2 Å². The fourth-order valence-corrected chi connectivity index (χ4v) is 3.82. The van der Waals surface area contributed by atoms with Gasteiger partial charge in [-0.05, 0) is 49.9 Å². The van der Waals surface area contributed by atoms with Gasteiger partial charge in [-0.1, -0.05) is 6.07 Å². The van der Waals surface area contributed by atoms with Crippen molar-refractivity contribution in [1.82, 2.24) is 4.98 Å². The molecule has 2 N–H and O–H groups in total. The predicted molar refractivity (Wildman–Crippen MR) is 121 cm³/mol. The number of benzene rings is 2. The first kappa shape index (κ1) is 22.8. The van der Waals surface area contributed by atoms with Gasteiger partial charge < -0.3 is 24.7 Å². The lowest BCUT2D eigenvalue weighted by molar-refractivity contribution is -0.150. The number of methoxy groups -OCH3 is 1. The SMILES string of the molecule is COc1cc2c(Oc3cccc(F)c3)ccnc2cc1OCCC(N)C(=O)OC1CCCC1. The van der Waals surface area contributed by atoms with Gasteiger partial charge in [0.15, 0.2) is 11.5 Å². The third-order valence-corrected chi connectivity index (χ3v) is 5.59. The third kappa shape index (κ3) is 5.70. The van der Waals surface area contributed by atoms with Crippen LogP contribution in [0.5, 0.6) is 23.0 Å². The van der Waals surface area contributed by atoms with Gasteiger partial charge in [-0.15, -0.1) is 0 Å². The summed E-state index contributed by atoms with van der Waals surface area (Å²) in [4.78, 5) is 16.6. The molecule has 1 fully saturated rings. The van der Waals surface area contributed by atoms with Crippen LogP contribution in [0.3, 0.4) is 0 Å². The summed E-state index contributed by atoms with van der Waals surface area (Å²) >= 11 is 0. The molecule has 1 saturated carbocycles. The predicted octanol–water partition coefficient (Wildman–Crippen LogP) is 4.76. The van der Waals surface area contributed by atoms with Crippen molar-refractivity contribution in [3.63, 3.8) is 0 Å². The Morgan fingerprint density at radius 3 is 2.73 bits per heavy atom. The number of aromatic nitrogens is 1. The molecule has 0 amide bonds. The second-order valence-corrected chi connectivity index (χ2v) is 7.98. The molecule has 1 unspecified atom stereocenters. The van der Waals surface area contributed by atoms with Crippen LogP contribution in [-0.4, -0.2) is 36.8 Å². The van der Waals surface area contributed by atoms with Gasteiger partial charge in [0.2, 0.25) is 0 Å². The van der Waals surface area contributed by atoms with Crippen LogP contribution in [0, 0.1) is 5.82 Å². The van der Waals surface area contributed by atoms with Crippen molar-refractivity contribution in [2.24, 2.45) is 5.73 Å². The number of fused-ring (bicyclic) bond motifs is 1. The minimum absolute atomic E-state index is 0.0140. The molecule has 1 aromatic heterocycles. The minimum atomic E-state index is -0.749. The van der Waals surface area contributed by atoms with Crippen LogP contribution in [0.15, 0.2) is 48.7 Å². The summed E-state index contributed by atoms with van der Waals surface area (Å²) in [6.07, 6.45) is 5.87. The first-order chi connectivity index (χ1) is 16.0. The van der Waals surface area contributed by atoms with Crippen molar-refractivity contribution < 1.29 is 28.1 Å². The Balaban J connectivity index is 1.44. The van der Waals surface area contributed by atoms with E-state index in [1.807, 2.05) is 0 Å².